The Morgan fingerprint density at radius 3 is 2.60 bits per heavy atom. The summed E-state index contributed by atoms with van der Waals surface area (Å²) >= 11 is 0. The predicted octanol–water partition coefficient (Wildman–Crippen LogP) is 5.49. The van der Waals surface area contributed by atoms with Crippen LogP contribution in [0.3, 0.4) is 0 Å². The summed E-state index contributed by atoms with van der Waals surface area (Å²) in [6, 6.07) is 9.26. The number of alkyl halides is 3. The van der Waals surface area contributed by atoms with Gasteiger partial charge in [-0.2, -0.15) is 13.2 Å². The fraction of sp³-hybridized carbons (Fsp3) is 0.304. The first-order valence-corrected chi connectivity index (χ1v) is 9.74. The Labute approximate surface area is 173 Å². The molecule has 3 heterocycles. The fourth-order valence-corrected chi connectivity index (χ4v) is 3.80. The number of aromatic nitrogens is 2. The second-order valence-electron chi connectivity index (χ2n) is 7.41. The van der Waals surface area contributed by atoms with Crippen molar-refractivity contribution >= 4 is 5.69 Å². The number of hydrogen-bond acceptors (Lipinski definition) is 4. The summed E-state index contributed by atoms with van der Waals surface area (Å²) in [7, 11) is 1.66. The first-order chi connectivity index (χ1) is 14.4. The molecule has 0 saturated heterocycles. The molecule has 0 bridgehead atoms. The largest absolute Gasteiger partial charge is 0.416 e. The number of fused-ring (bicyclic) bond motifs is 1. The minimum absolute atomic E-state index is 0.477. The predicted molar refractivity (Wildman–Crippen MR) is 110 cm³/mol. The zero-order valence-corrected chi connectivity index (χ0v) is 16.8. The number of hydrogen-bond donors (Lipinski definition) is 0. The van der Waals surface area contributed by atoms with E-state index in [1.807, 2.05) is 19.2 Å². The fourth-order valence-electron chi connectivity index (χ4n) is 3.80. The molecule has 156 valence electrons. The molecule has 1 aliphatic rings. The van der Waals surface area contributed by atoms with Gasteiger partial charge in [-0.15, -0.1) is 0 Å². The SMILES string of the molecule is COCN1CCCc2ncc(-c3cc(-c4cccc(C(F)(F)F)c4)cnc3C)cc21. The normalized spacial score (nSPS) is 14.0. The molecule has 4 rings (SSSR count). The molecular formula is C23H22F3N3O. The molecule has 0 saturated carbocycles. The average Bonchev–Trinajstić information content (AvgIpc) is 2.74. The smallest absolute Gasteiger partial charge is 0.364 e. The van der Waals surface area contributed by atoms with Gasteiger partial charge in [-0.05, 0) is 49.6 Å². The van der Waals surface area contributed by atoms with Gasteiger partial charge in [0.1, 0.15) is 6.73 Å². The Kier molecular flexibility index (Phi) is 5.47. The van der Waals surface area contributed by atoms with Gasteiger partial charge < -0.3 is 9.64 Å². The Hall–Kier alpha value is -2.93. The summed E-state index contributed by atoms with van der Waals surface area (Å²) < 4.78 is 44.7. The molecule has 4 nitrogen and oxygen atoms in total. The Morgan fingerprint density at radius 2 is 1.83 bits per heavy atom. The lowest BCUT2D eigenvalue weighted by molar-refractivity contribution is -0.137. The van der Waals surface area contributed by atoms with Gasteiger partial charge in [0.15, 0.2) is 0 Å². The zero-order chi connectivity index (χ0) is 21.3. The van der Waals surface area contributed by atoms with Crippen molar-refractivity contribution in [3.05, 3.63) is 65.7 Å². The van der Waals surface area contributed by atoms with Gasteiger partial charge in [0.05, 0.1) is 16.9 Å². The van der Waals surface area contributed by atoms with Crippen molar-refractivity contribution in [2.75, 3.05) is 25.3 Å². The molecule has 1 aromatic carbocycles. The molecule has 0 aliphatic carbocycles. The Bertz CT molecular complexity index is 1070. The topological polar surface area (TPSA) is 38.2 Å². The van der Waals surface area contributed by atoms with Crippen molar-refractivity contribution < 1.29 is 17.9 Å². The molecule has 0 spiro atoms. The van der Waals surface area contributed by atoms with Crippen LogP contribution in [-0.2, 0) is 17.3 Å². The van der Waals surface area contributed by atoms with Gasteiger partial charge in [0, 0.05) is 48.4 Å². The van der Waals surface area contributed by atoms with Crippen molar-refractivity contribution in [3.63, 3.8) is 0 Å². The molecule has 2 aromatic heterocycles. The van der Waals surface area contributed by atoms with Crippen LogP contribution in [0.15, 0.2) is 48.8 Å². The highest BCUT2D eigenvalue weighted by molar-refractivity contribution is 5.76. The number of aryl methyl sites for hydroxylation is 2. The van der Waals surface area contributed by atoms with E-state index in [4.69, 9.17) is 4.74 Å². The van der Waals surface area contributed by atoms with E-state index in [0.717, 1.165) is 59.7 Å². The molecule has 1 aliphatic heterocycles. The van der Waals surface area contributed by atoms with Gasteiger partial charge in [0.25, 0.3) is 0 Å². The van der Waals surface area contributed by atoms with Crippen molar-refractivity contribution in [1.29, 1.82) is 0 Å². The molecule has 0 amide bonds. The van der Waals surface area contributed by atoms with Crippen molar-refractivity contribution in [1.82, 2.24) is 9.97 Å². The molecule has 0 N–H and O–H groups in total. The van der Waals surface area contributed by atoms with Crippen LogP contribution in [0.5, 0.6) is 0 Å². The van der Waals surface area contributed by atoms with Crippen LogP contribution < -0.4 is 4.90 Å². The van der Waals surface area contributed by atoms with Crippen LogP contribution in [-0.4, -0.2) is 30.4 Å². The van der Waals surface area contributed by atoms with Crippen molar-refractivity contribution in [2.45, 2.75) is 25.9 Å². The molecule has 3 aromatic rings. The summed E-state index contributed by atoms with van der Waals surface area (Å²) in [6.45, 7) is 3.27. The summed E-state index contributed by atoms with van der Waals surface area (Å²) in [5.41, 5.74) is 5.03. The number of anilines is 1. The summed E-state index contributed by atoms with van der Waals surface area (Å²) in [4.78, 5) is 11.2. The van der Waals surface area contributed by atoms with E-state index in [9.17, 15) is 13.2 Å². The summed E-state index contributed by atoms with van der Waals surface area (Å²) in [5.74, 6) is 0. The number of benzene rings is 1. The monoisotopic (exact) mass is 413 g/mol. The highest BCUT2D eigenvalue weighted by Gasteiger charge is 2.30. The molecule has 7 heteroatoms. The maximum absolute atomic E-state index is 13.1. The van der Waals surface area contributed by atoms with E-state index < -0.39 is 11.7 Å². The molecule has 30 heavy (non-hydrogen) atoms. The van der Waals surface area contributed by atoms with Gasteiger partial charge in [-0.1, -0.05) is 12.1 Å². The third-order valence-electron chi connectivity index (χ3n) is 5.34. The van der Waals surface area contributed by atoms with Gasteiger partial charge in [-0.25, -0.2) is 0 Å². The highest BCUT2D eigenvalue weighted by Crippen LogP contribution is 2.35. The second-order valence-corrected chi connectivity index (χ2v) is 7.41. The summed E-state index contributed by atoms with van der Waals surface area (Å²) in [6.07, 6.45) is 0.974. The average molecular weight is 413 g/mol. The van der Waals surface area contributed by atoms with Crippen LogP contribution in [0.4, 0.5) is 18.9 Å². The second kappa shape index (κ2) is 8.07. The maximum Gasteiger partial charge on any atom is 0.416 e. The molecule has 0 radical (unpaired) electrons. The van der Waals surface area contributed by atoms with Gasteiger partial charge >= 0.3 is 6.18 Å². The van der Waals surface area contributed by atoms with E-state index >= 15 is 0 Å². The highest BCUT2D eigenvalue weighted by atomic mass is 19.4. The van der Waals surface area contributed by atoms with Crippen LogP contribution in [0, 0.1) is 6.92 Å². The van der Waals surface area contributed by atoms with E-state index in [2.05, 4.69) is 20.9 Å². The van der Waals surface area contributed by atoms with Crippen LogP contribution in [0.25, 0.3) is 22.3 Å². The summed E-state index contributed by atoms with van der Waals surface area (Å²) in [5, 5.41) is 0. The number of ether oxygens (including phenoxy) is 1. The number of methoxy groups -OCH3 is 1. The van der Waals surface area contributed by atoms with Crippen LogP contribution >= 0.6 is 0 Å². The lowest BCUT2D eigenvalue weighted by atomic mass is 9.97. The van der Waals surface area contributed by atoms with Crippen LogP contribution in [0.1, 0.15) is 23.4 Å². The minimum atomic E-state index is -4.38. The quantitative estimate of drug-likeness (QED) is 0.567. The first-order valence-electron chi connectivity index (χ1n) is 9.74. The van der Waals surface area contributed by atoms with E-state index in [-0.39, 0.29) is 0 Å². The Balaban J connectivity index is 1.76. The Morgan fingerprint density at radius 1 is 1.03 bits per heavy atom. The molecular weight excluding hydrogens is 391 g/mol. The van der Waals surface area contributed by atoms with Crippen molar-refractivity contribution in [3.8, 4) is 22.3 Å². The molecule has 0 atom stereocenters. The van der Waals surface area contributed by atoms with Crippen LogP contribution in [0.2, 0.25) is 0 Å². The number of halogens is 3. The standard InChI is InChI=1S/C23H22F3N3O/c1-15-20(18-11-22-21(28-13-18)7-4-8-29(22)14-30-2)10-17(12-27-15)16-5-3-6-19(9-16)23(24,25)26/h3,5-6,9-13H,4,7-8,14H2,1-2H3. The number of rotatable bonds is 4. The van der Waals surface area contributed by atoms with Gasteiger partial charge in [0.2, 0.25) is 0 Å². The van der Waals surface area contributed by atoms with E-state index in [1.54, 1.807) is 19.4 Å². The lowest BCUT2D eigenvalue weighted by Crippen LogP contribution is -2.31. The minimum Gasteiger partial charge on any atom is -0.364 e. The van der Waals surface area contributed by atoms with E-state index in [1.165, 1.54) is 6.07 Å². The third-order valence-corrected chi connectivity index (χ3v) is 5.34. The van der Waals surface area contributed by atoms with Crippen molar-refractivity contribution in [2.24, 2.45) is 0 Å². The third kappa shape index (κ3) is 4.03. The maximum atomic E-state index is 13.1. The lowest BCUT2D eigenvalue weighted by Gasteiger charge is -2.30. The first kappa shape index (κ1) is 20.3. The van der Waals surface area contributed by atoms with Gasteiger partial charge in [-0.3, -0.25) is 9.97 Å². The zero-order valence-electron chi connectivity index (χ0n) is 16.8. The number of pyridine rings is 2. The number of nitrogens with zero attached hydrogens (tertiary/aromatic N) is 3. The molecule has 0 unspecified atom stereocenters. The van der Waals surface area contributed by atoms with E-state index in [0.29, 0.717) is 17.9 Å². The molecule has 0 fully saturated rings.